The maximum absolute atomic E-state index is 12.2. The molecule has 0 radical (unpaired) electrons. The monoisotopic (exact) mass is 304 g/mol. The number of halogens is 3. The average Bonchev–Trinajstić information content (AvgIpc) is 2.72. The number of nitrogen functional groups attached to an aromatic ring is 1. The van der Waals surface area contributed by atoms with Crippen LogP contribution in [0.5, 0.6) is 5.75 Å². The van der Waals surface area contributed by atoms with Crippen molar-refractivity contribution in [2.45, 2.75) is 12.8 Å². The number of carboxylic acids is 1. The van der Waals surface area contributed by atoms with E-state index in [0.29, 0.717) is 0 Å². The standard InChI is InChI=1S/C12H11F3N2O4/c13-12(14,15)21-7-1-2-8(16)9(4-7)17-5-6(11(19)20)3-10(17)18/h1-2,4,6H,3,5,16H2,(H,19,20). The first-order chi connectivity index (χ1) is 9.67. The number of anilines is 2. The minimum Gasteiger partial charge on any atom is -0.481 e. The molecule has 1 aromatic rings. The fourth-order valence-corrected chi connectivity index (χ4v) is 2.06. The van der Waals surface area contributed by atoms with Crippen LogP contribution in [0.15, 0.2) is 18.2 Å². The molecule has 114 valence electrons. The Hall–Kier alpha value is -2.45. The third-order valence-electron chi connectivity index (χ3n) is 3.00. The number of carboxylic acid groups (broad SMARTS) is 1. The van der Waals surface area contributed by atoms with E-state index in [1.54, 1.807) is 0 Å². The number of hydrogen-bond donors (Lipinski definition) is 2. The Morgan fingerprint density at radius 2 is 2.10 bits per heavy atom. The summed E-state index contributed by atoms with van der Waals surface area (Å²) in [5.41, 5.74) is 5.70. The summed E-state index contributed by atoms with van der Waals surface area (Å²) in [5, 5.41) is 8.89. The predicted molar refractivity (Wildman–Crippen MR) is 65.6 cm³/mol. The molecule has 2 rings (SSSR count). The van der Waals surface area contributed by atoms with Crippen LogP contribution in [-0.4, -0.2) is 29.9 Å². The number of carbonyl (C=O) groups is 2. The van der Waals surface area contributed by atoms with Gasteiger partial charge >= 0.3 is 12.3 Å². The molecule has 9 heteroatoms. The smallest absolute Gasteiger partial charge is 0.481 e. The number of amides is 1. The molecule has 21 heavy (non-hydrogen) atoms. The summed E-state index contributed by atoms with van der Waals surface area (Å²) in [6, 6.07) is 3.14. The third-order valence-corrected chi connectivity index (χ3v) is 3.00. The van der Waals surface area contributed by atoms with E-state index in [1.165, 1.54) is 0 Å². The summed E-state index contributed by atoms with van der Waals surface area (Å²) in [6.45, 7) is -0.145. The first-order valence-corrected chi connectivity index (χ1v) is 5.86. The molecule has 0 bridgehead atoms. The van der Waals surface area contributed by atoms with Crippen LogP contribution in [0.3, 0.4) is 0 Å². The zero-order valence-electron chi connectivity index (χ0n) is 10.6. The molecule has 1 saturated heterocycles. The zero-order chi connectivity index (χ0) is 15.8. The van der Waals surface area contributed by atoms with Gasteiger partial charge in [-0.15, -0.1) is 13.2 Å². The molecule has 1 fully saturated rings. The Kier molecular flexibility index (Phi) is 3.67. The molecule has 1 aliphatic heterocycles. The summed E-state index contributed by atoms with van der Waals surface area (Å²) in [4.78, 5) is 23.7. The first kappa shape index (κ1) is 14.9. The first-order valence-electron chi connectivity index (χ1n) is 5.86. The van der Waals surface area contributed by atoms with Crippen molar-refractivity contribution in [1.82, 2.24) is 0 Å². The van der Waals surface area contributed by atoms with Crippen molar-refractivity contribution in [3.05, 3.63) is 18.2 Å². The van der Waals surface area contributed by atoms with Crippen molar-refractivity contribution >= 4 is 23.3 Å². The number of alkyl halides is 3. The van der Waals surface area contributed by atoms with E-state index < -0.39 is 29.9 Å². The Bertz CT molecular complexity index is 588. The second-order valence-corrected chi connectivity index (χ2v) is 4.51. The predicted octanol–water partition coefficient (Wildman–Crippen LogP) is 1.60. The van der Waals surface area contributed by atoms with Gasteiger partial charge in [0.15, 0.2) is 0 Å². The van der Waals surface area contributed by atoms with Crippen molar-refractivity contribution in [2.75, 3.05) is 17.2 Å². The number of carbonyl (C=O) groups excluding carboxylic acids is 1. The molecule has 0 spiro atoms. The van der Waals surface area contributed by atoms with Gasteiger partial charge in [-0.25, -0.2) is 0 Å². The van der Waals surface area contributed by atoms with Gasteiger partial charge in [0, 0.05) is 19.0 Å². The maximum atomic E-state index is 12.2. The summed E-state index contributed by atoms with van der Waals surface area (Å²) >= 11 is 0. The third kappa shape index (κ3) is 3.36. The van der Waals surface area contributed by atoms with Gasteiger partial charge in [0.05, 0.1) is 17.3 Å². The van der Waals surface area contributed by atoms with Gasteiger partial charge in [0.1, 0.15) is 5.75 Å². The van der Waals surface area contributed by atoms with Crippen LogP contribution in [0.25, 0.3) is 0 Å². The highest BCUT2D eigenvalue weighted by Gasteiger charge is 2.36. The summed E-state index contributed by atoms with van der Waals surface area (Å²) in [6.07, 6.45) is -5.09. The van der Waals surface area contributed by atoms with E-state index in [9.17, 15) is 22.8 Å². The topological polar surface area (TPSA) is 92.9 Å². The van der Waals surface area contributed by atoms with Gasteiger partial charge in [0.25, 0.3) is 0 Å². The van der Waals surface area contributed by atoms with Crippen molar-refractivity contribution < 1.29 is 32.6 Å². The number of hydrogen-bond acceptors (Lipinski definition) is 4. The maximum Gasteiger partial charge on any atom is 0.573 e. The van der Waals surface area contributed by atoms with E-state index in [2.05, 4.69) is 4.74 Å². The highest BCUT2D eigenvalue weighted by atomic mass is 19.4. The van der Waals surface area contributed by atoms with E-state index in [-0.39, 0.29) is 24.3 Å². The van der Waals surface area contributed by atoms with Gasteiger partial charge in [0.2, 0.25) is 5.91 Å². The second-order valence-electron chi connectivity index (χ2n) is 4.51. The Balaban J connectivity index is 2.29. The lowest BCUT2D eigenvalue weighted by Crippen LogP contribution is -2.27. The van der Waals surface area contributed by atoms with Crippen LogP contribution in [0, 0.1) is 5.92 Å². The fourth-order valence-electron chi connectivity index (χ4n) is 2.06. The number of nitrogens with zero attached hydrogens (tertiary/aromatic N) is 1. The molecule has 0 aromatic heterocycles. The molecule has 1 atom stereocenters. The number of nitrogens with two attached hydrogens (primary N) is 1. The Labute approximate surface area is 116 Å². The largest absolute Gasteiger partial charge is 0.573 e. The zero-order valence-corrected chi connectivity index (χ0v) is 10.6. The van der Waals surface area contributed by atoms with Gasteiger partial charge < -0.3 is 20.5 Å². The van der Waals surface area contributed by atoms with Gasteiger partial charge in [-0.3, -0.25) is 9.59 Å². The number of aliphatic carboxylic acids is 1. The van der Waals surface area contributed by atoms with Crippen LogP contribution in [0.1, 0.15) is 6.42 Å². The molecule has 6 nitrogen and oxygen atoms in total. The van der Waals surface area contributed by atoms with Gasteiger partial charge in [-0.1, -0.05) is 0 Å². The second kappa shape index (κ2) is 5.15. The molecule has 3 N–H and O–H groups in total. The quantitative estimate of drug-likeness (QED) is 0.827. The molecule has 0 saturated carbocycles. The van der Waals surface area contributed by atoms with E-state index >= 15 is 0 Å². The average molecular weight is 304 g/mol. The summed E-state index contributed by atoms with van der Waals surface area (Å²) in [7, 11) is 0. The van der Waals surface area contributed by atoms with Crippen molar-refractivity contribution in [2.24, 2.45) is 5.92 Å². The highest BCUT2D eigenvalue weighted by Crippen LogP contribution is 2.34. The highest BCUT2D eigenvalue weighted by molar-refractivity contribution is 6.01. The number of benzene rings is 1. The lowest BCUT2D eigenvalue weighted by molar-refractivity contribution is -0.274. The van der Waals surface area contributed by atoms with Crippen LogP contribution in [0.2, 0.25) is 0 Å². The molecule has 1 aromatic carbocycles. The number of rotatable bonds is 3. The van der Waals surface area contributed by atoms with E-state index in [0.717, 1.165) is 23.1 Å². The summed E-state index contributed by atoms with van der Waals surface area (Å²) in [5.74, 6) is -3.10. The lowest BCUT2D eigenvalue weighted by atomic mass is 10.1. The summed E-state index contributed by atoms with van der Waals surface area (Å²) < 4.78 is 40.3. The van der Waals surface area contributed by atoms with Gasteiger partial charge in [-0.2, -0.15) is 0 Å². The minimum atomic E-state index is -4.87. The minimum absolute atomic E-state index is 0.00509. The van der Waals surface area contributed by atoms with Crippen molar-refractivity contribution in [3.8, 4) is 5.75 Å². The molecular formula is C12H11F3N2O4. The fraction of sp³-hybridized carbons (Fsp3) is 0.333. The van der Waals surface area contributed by atoms with Gasteiger partial charge in [-0.05, 0) is 12.1 Å². The van der Waals surface area contributed by atoms with E-state index in [4.69, 9.17) is 10.8 Å². The number of ether oxygens (including phenoxy) is 1. The Morgan fingerprint density at radius 1 is 1.43 bits per heavy atom. The van der Waals surface area contributed by atoms with Crippen LogP contribution in [0.4, 0.5) is 24.5 Å². The SMILES string of the molecule is Nc1ccc(OC(F)(F)F)cc1N1CC(C(=O)O)CC1=O. The molecule has 1 aliphatic rings. The normalized spacial score (nSPS) is 18.9. The van der Waals surface area contributed by atoms with Crippen LogP contribution < -0.4 is 15.4 Å². The molecule has 0 aliphatic carbocycles. The van der Waals surface area contributed by atoms with Crippen molar-refractivity contribution in [1.29, 1.82) is 0 Å². The van der Waals surface area contributed by atoms with Crippen molar-refractivity contribution in [3.63, 3.8) is 0 Å². The lowest BCUT2D eigenvalue weighted by Gasteiger charge is -2.19. The molecule has 1 heterocycles. The Morgan fingerprint density at radius 3 is 2.62 bits per heavy atom. The molecule has 1 amide bonds. The van der Waals surface area contributed by atoms with Crippen LogP contribution >= 0.6 is 0 Å². The molecule has 1 unspecified atom stereocenters. The molecular weight excluding hydrogens is 293 g/mol. The van der Waals surface area contributed by atoms with Crippen LogP contribution in [-0.2, 0) is 9.59 Å². The van der Waals surface area contributed by atoms with E-state index in [1.807, 2.05) is 0 Å².